The van der Waals surface area contributed by atoms with Gasteiger partial charge in [-0.25, -0.2) is 4.79 Å². The second-order valence-electron chi connectivity index (χ2n) is 4.20. The Labute approximate surface area is 96.6 Å². The summed E-state index contributed by atoms with van der Waals surface area (Å²) in [5, 5.41) is 2.91. The number of rotatable bonds is 1. The van der Waals surface area contributed by atoms with E-state index in [1.54, 1.807) is 0 Å². The number of amides is 2. The summed E-state index contributed by atoms with van der Waals surface area (Å²) in [6.07, 6.45) is 2.22. The van der Waals surface area contributed by atoms with Crippen LogP contribution in [-0.4, -0.2) is 18.1 Å². The summed E-state index contributed by atoms with van der Waals surface area (Å²) in [5.74, 6) is 0. The zero-order chi connectivity index (χ0) is 10.5. The Hall–Kier alpha value is -1.03. The predicted molar refractivity (Wildman–Crippen MR) is 62.0 cm³/mol. The summed E-state index contributed by atoms with van der Waals surface area (Å²) < 4.78 is 1.01. The fraction of sp³-hybridized carbons (Fsp3) is 0.364. The third-order valence-corrected chi connectivity index (χ3v) is 3.63. The highest BCUT2D eigenvalue weighted by Crippen LogP contribution is 2.46. The van der Waals surface area contributed by atoms with Crippen LogP contribution in [0, 0.1) is 0 Å². The molecule has 1 aliphatic carbocycles. The van der Waals surface area contributed by atoms with Crippen LogP contribution in [0.2, 0.25) is 0 Å². The van der Waals surface area contributed by atoms with Gasteiger partial charge < -0.3 is 5.32 Å². The van der Waals surface area contributed by atoms with Gasteiger partial charge in [-0.2, -0.15) is 0 Å². The molecule has 0 aromatic heterocycles. The molecule has 0 bridgehead atoms. The minimum Gasteiger partial charge on any atom is -0.335 e. The van der Waals surface area contributed by atoms with Crippen LogP contribution in [0.15, 0.2) is 28.7 Å². The van der Waals surface area contributed by atoms with E-state index in [0.717, 1.165) is 29.5 Å². The number of anilines is 1. The summed E-state index contributed by atoms with van der Waals surface area (Å²) in [5.41, 5.74) is 1.06. The lowest BCUT2D eigenvalue weighted by Gasteiger charge is -2.22. The van der Waals surface area contributed by atoms with Gasteiger partial charge in [-0.3, -0.25) is 4.90 Å². The number of nitrogens with zero attached hydrogens (tertiary/aromatic N) is 1. The number of halogens is 1. The molecule has 2 amide bonds. The number of urea groups is 1. The molecule has 78 valence electrons. The first-order valence-corrected chi connectivity index (χ1v) is 5.84. The third-order valence-electron chi connectivity index (χ3n) is 3.14. The van der Waals surface area contributed by atoms with Crippen molar-refractivity contribution in [2.24, 2.45) is 0 Å². The quantitative estimate of drug-likeness (QED) is 0.833. The number of carbonyl (C=O) groups is 1. The molecule has 1 saturated carbocycles. The van der Waals surface area contributed by atoms with E-state index in [1.807, 2.05) is 29.2 Å². The molecule has 1 aromatic carbocycles. The third kappa shape index (κ3) is 1.35. The van der Waals surface area contributed by atoms with Crippen molar-refractivity contribution in [1.29, 1.82) is 0 Å². The molecular formula is C11H11BrN2O. The van der Waals surface area contributed by atoms with Gasteiger partial charge in [0, 0.05) is 16.7 Å². The molecule has 1 spiro atoms. The van der Waals surface area contributed by atoms with Gasteiger partial charge in [0.1, 0.15) is 0 Å². The maximum Gasteiger partial charge on any atom is 0.322 e. The molecule has 1 aromatic rings. The molecule has 2 fully saturated rings. The largest absolute Gasteiger partial charge is 0.335 e. The van der Waals surface area contributed by atoms with E-state index in [2.05, 4.69) is 21.2 Å². The van der Waals surface area contributed by atoms with Crippen molar-refractivity contribution < 1.29 is 4.79 Å². The van der Waals surface area contributed by atoms with Gasteiger partial charge in [0.15, 0.2) is 0 Å². The van der Waals surface area contributed by atoms with Gasteiger partial charge in [0.2, 0.25) is 0 Å². The van der Waals surface area contributed by atoms with Crippen molar-refractivity contribution in [3.05, 3.63) is 28.7 Å². The maximum atomic E-state index is 11.7. The Morgan fingerprint density at radius 1 is 1.40 bits per heavy atom. The highest BCUT2D eigenvalue weighted by atomic mass is 79.9. The molecule has 0 atom stereocenters. The van der Waals surface area contributed by atoms with Crippen LogP contribution in [0.3, 0.4) is 0 Å². The first-order valence-electron chi connectivity index (χ1n) is 5.05. The van der Waals surface area contributed by atoms with Crippen LogP contribution in [0.25, 0.3) is 0 Å². The lowest BCUT2D eigenvalue weighted by molar-refractivity contribution is 0.251. The number of carbonyl (C=O) groups excluding carboxylic acids is 1. The highest BCUT2D eigenvalue weighted by molar-refractivity contribution is 9.10. The first kappa shape index (κ1) is 9.21. The van der Waals surface area contributed by atoms with Crippen LogP contribution < -0.4 is 10.2 Å². The fourth-order valence-corrected chi connectivity index (χ4v) is 2.55. The normalized spacial score (nSPS) is 21.9. The van der Waals surface area contributed by atoms with E-state index in [1.165, 1.54) is 0 Å². The average molecular weight is 267 g/mol. The van der Waals surface area contributed by atoms with E-state index < -0.39 is 0 Å². The summed E-state index contributed by atoms with van der Waals surface area (Å²) in [6.45, 7) is 0.790. The molecule has 0 unspecified atom stereocenters. The average Bonchev–Trinajstić information content (AvgIpc) is 2.88. The van der Waals surface area contributed by atoms with Crippen LogP contribution in [0.5, 0.6) is 0 Å². The van der Waals surface area contributed by atoms with Crippen LogP contribution >= 0.6 is 15.9 Å². The second kappa shape index (κ2) is 2.98. The standard InChI is InChI=1S/C11H11BrN2O/c12-8-2-1-3-9(6-8)14-10(15)13-7-11(14)4-5-11/h1-3,6H,4-5,7H2,(H,13,15). The molecule has 0 radical (unpaired) electrons. The second-order valence-corrected chi connectivity index (χ2v) is 5.11. The lowest BCUT2D eigenvalue weighted by Crippen LogP contribution is -2.35. The van der Waals surface area contributed by atoms with E-state index in [9.17, 15) is 4.79 Å². The summed E-state index contributed by atoms with van der Waals surface area (Å²) >= 11 is 3.43. The Balaban J connectivity index is 2.02. The molecule has 15 heavy (non-hydrogen) atoms. The summed E-state index contributed by atoms with van der Waals surface area (Å²) in [6, 6.07) is 7.93. The number of benzene rings is 1. The van der Waals surface area contributed by atoms with Gasteiger partial charge in [-0.05, 0) is 31.0 Å². The van der Waals surface area contributed by atoms with E-state index in [4.69, 9.17) is 0 Å². The molecule has 4 heteroatoms. The molecule has 1 N–H and O–H groups in total. The number of hydrogen-bond acceptors (Lipinski definition) is 1. The monoisotopic (exact) mass is 266 g/mol. The molecule has 1 aliphatic heterocycles. The number of nitrogens with one attached hydrogen (secondary N) is 1. The summed E-state index contributed by atoms with van der Waals surface area (Å²) in [7, 11) is 0. The van der Waals surface area contributed by atoms with Crippen LogP contribution in [0.4, 0.5) is 10.5 Å². The van der Waals surface area contributed by atoms with Gasteiger partial charge in [-0.15, -0.1) is 0 Å². The van der Waals surface area contributed by atoms with Crippen molar-refractivity contribution in [3.8, 4) is 0 Å². The molecule has 1 heterocycles. The molecule has 3 nitrogen and oxygen atoms in total. The minimum absolute atomic E-state index is 0.0330. The van der Waals surface area contributed by atoms with E-state index in [0.29, 0.717) is 0 Å². The van der Waals surface area contributed by atoms with Crippen molar-refractivity contribution in [1.82, 2.24) is 5.32 Å². The molecule has 3 rings (SSSR count). The summed E-state index contributed by atoms with van der Waals surface area (Å²) in [4.78, 5) is 13.6. The van der Waals surface area contributed by atoms with Crippen molar-refractivity contribution in [3.63, 3.8) is 0 Å². The van der Waals surface area contributed by atoms with Crippen LogP contribution in [0.1, 0.15) is 12.8 Å². The fourth-order valence-electron chi connectivity index (χ4n) is 2.16. The minimum atomic E-state index is 0.0330. The highest BCUT2D eigenvalue weighted by Gasteiger charge is 2.55. The maximum absolute atomic E-state index is 11.7. The topological polar surface area (TPSA) is 32.3 Å². The Morgan fingerprint density at radius 3 is 2.87 bits per heavy atom. The number of hydrogen-bond donors (Lipinski definition) is 1. The molecule has 1 saturated heterocycles. The Kier molecular flexibility index (Phi) is 1.83. The Morgan fingerprint density at radius 2 is 2.20 bits per heavy atom. The first-order chi connectivity index (χ1) is 7.21. The van der Waals surface area contributed by atoms with E-state index >= 15 is 0 Å². The molecule has 2 aliphatic rings. The predicted octanol–water partition coefficient (Wildman–Crippen LogP) is 2.51. The van der Waals surface area contributed by atoms with Crippen molar-refractivity contribution in [2.75, 3.05) is 11.4 Å². The lowest BCUT2D eigenvalue weighted by atomic mass is 10.2. The SMILES string of the molecule is O=C1NCC2(CC2)N1c1cccc(Br)c1. The zero-order valence-electron chi connectivity index (χ0n) is 8.16. The van der Waals surface area contributed by atoms with Gasteiger partial charge in [0.05, 0.1) is 5.54 Å². The zero-order valence-corrected chi connectivity index (χ0v) is 9.75. The van der Waals surface area contributed by atoms with Gasteiger partial charge in [-0.1, -0.05) is 22.0 Å². The van der Waals surface area contributed by atoms with Gasteiger partial charge in [0.25, 0.3) is 0 Å². The smallest absolute Gasteiger partial charge is 0.322 e. The van der Waals surface area contributed by atoms with Crippen molar-refractivity contribution >= 4 is 27.6 Å². The molecular weight excluding hydrogens is 256 g/mol. The Bertz CT molecular complexity index is 428. The van der Waals surface area contributed by atoms with Gasteiger partial charge >= 0.3 is 6.03 Å². The van der Waals surface area contributed by atoms with Crippen molar-refractivity contribution in [2.45, 2.75) is 18.4 Å². The van der Waals surface area contributed by atoms with Crippen LogP contribution in [-0.2, 0) is 0 Å². The van der Waals surface area contributed by atoms with E-state index in [-0.39, 0.29) is 11.6 Å².